The van der Waals surface area contributed by atoms with Gasteiger partial charge in [0.1, 0.15) is 6.10 Å². The minimum Gasteiger partial charge on any atom is -0.372 e. The molecule has 0 spiro atoms. The molecule has 146 valence electrons. The normalized spacial score (nSPS) is 54.1. The van der Waals surface area contributed by atoms with Gasteiger partial charge < -0.3 is 23.7 Å². The first-order valence-electron chi connectivity index (χ1n) is 10.1. The molecular weight excluding hydrogens is 320 g/mol. The quantitative estimate of drug-likeness (QED) is 0.773. The van der Waals surface area contributed by atoms with Crippen molar-refractivity contribution in [3.63, 3.8) is 0 Å². The highest BCUT2D eigenvalue weighted by Crippen LogP contribution is 2.40. The summed E-state index contributed by atoms with van der Waals surface area (Å²) in [6.45, 7) is 15.8. The zero-order valence-electron chi connectivity index (χ0n) is 16.8. The summed E-state index contributed by atoms with van der Waals surface area (Å²) >= 11 is 0. The van der Waals surface area contributed by atoms with Crippen LogP contribution < -0.4 is 0 Å². The fourth-order valence-electron chi connectivity index (χ4n) is 4.49. The maximum absolute atomic E-state index is 6.57. The summed E-state index contributed by atoms with van der Waals surface area (Å²) in [5.41, 5.74) is 0. The first-order valence-corrected chi connectivity index (χ1v) is 10.1. The van der Waals surface area contributed by atoms with Gasteiger partial charge in [-0.2, -0.15) is 0 Å². The standard InChI is InChI=1S/C20H36O5/c1-8-16-18(11(3)10(2)14(6)22-16)25-20-13(5)12(4)19-17(24-20)9-21-15(7)23-19/h10-20H,8-9H2,1-7H3/t10?,11-,12-,13?,14+,15?,16?,17?,18-,19-,20+/m1/s1. The Labute approximate surface area is 152 Å². The van der Waals surface area contributed by atoms with Gasteiger partial charge in [0.15, 0.2) is 12.6 Å². The van der Waals surface area contributed by atoms with Gasteiger partial charge in [-0.05, 0) is 38.0 Å². The fourth-order valence-corrected chi connectivity index (χ4v) is 4.49. The molecule has 3 fully saturated rings. The molecule has 5 unspecified atom stereocenters. The predicted octanol–water partition coefficient (Wildman–Crippen LogP) is 3.60. The first kappa shape index (κ1) is 19.6. The summed E-state index contributed by atoms with van der Waals surface area (Å²) in [5, 5.41) is 0. The lowest BCUT2D eigenvalue weighted by Gasteiger charge is -2.50. The summed E-state index contributed by atoms with van der Waals surface area (Å²) in [7, 11) is 0. The number of ether oxygens (including phenoxy) is 5. The summed E-state index contributed by atoms with van der Waals surface area (Å²) in [4.78, 5) is 0. The van der Waals surface area contributed by atoms with Crippen molar-refractivity contribution in [1.29, 1.82) is 0 Å². The lowest BCUT2D eigenvalue weighted by atomic mass is 9.80. The van der Waals surface area contributed by atoms with Gasteiger partial charge in [-0.3, -0.25) is 0 Å². The largest absolute Gasteiger partial charge is 0.372 e. The van der Waals surface area contributed by atoms with E-state index in [0.29, 0.717) is 24.4 Å². The lowest BCUT2D eigenvalue weighted by Crippen LogP contribution is -2.59. The third-order valence-corrected chi connectivity index (χ3v) is 6.83. The summed E-state index contributed by atoms with van der Waals surface area (Å²) in [5.74, 6) is 1.55. The number of hydrogen-bond donors (Lipinski definition) is 0. The highest BCUT2D eigenvalue weighted by molar-refractivity contribution is 4.91. The Balaban J connectivity index is 1.71. The van der Waals surface area contributed by atoms with E-state index in [1.165, 1.54) is 0 Å². The molecule has 0 aromatic rings. The van der Waals surface area contributed by atoms with E-state index in [1.807, 2.05) is 6.92 Å². The van der Waals surface area contributed by atoms with Crippen molar-refractivity contribution in [1.82, 2.24) is 0 Å². The Bertz CT molecular complexity index is 440. The average Bonchev–Trinajstić information content (AvgIpc) is 2.60. The van der Waals surface area contributed by atoms with Gasteiger partial charge in [0, 0.05) is 5.92 Å². The van der Waals surface area contributed by atoms with Gasteiger partial charge in [0.05, 0.1) is 31.0 Å². The van der Waals surface area contributed by atoms with Crippen molar-refractivity contribution in [3.05, 3.63) is 0 Å². The molecule has 5 heteroatoms. The molecule has 11 atom stereocenters. The van der Waals surface area contributed by atoms with Crippen LogP contribution in [0.25, 0.3) is 0 Å². The number of rotatable bonds is 3. The van der Waals surface area contributed by atoms with Crippen LogP contribution in [0.1, 0.15) is 54.9 Å². The Morgan fingerprint density at radius 2 is 1.56 bits per heavy atom. The molecule has 3 aliphatic heterocycles. The maximum atomic E-state index is 6.57. The lowest BCUT2D eigenvalue weighted by molar-refractivity contribution is -0.353. The summed E-state index contributed by atoms with van der Waals surface area (Å²) in [6.07, 6.45) is 1.06. The Kier molecular flexibility index (Phi) is 6.11. The molecule has 5 nitrogen and oxygen atoms in total. The Morgan fingerprint density at radius 3 is 2.24 bits per heavy atom. The van der Waals surface area contributed by atoms with E-state index < -0.39 is 0 Å². The van der Waals surface area contributed by atoms with Crippen LogP contribution >= 0.6 is 0 Å². The van der Waals surface area contributed by atoms with Gasteiger partial charge in [-0.25, -0.2) is 0 Å². The van der Waals surface area contributed by atoms with Crippen molar-refractivity contribution in [2.45, 2.75) is 98.0 Å². The van der Waals surface area contributed by atoms with Gasteiger partial charge in [0.2, 0.25) is 0 Å². The molecule has 3 aliphatic rings. The molecule has 0 aromatic heterocycles. The van der Waals surface area contributed by atoms with E-state index in [9.17, 15) is 0 Å². The van der Waals surface area contributed by atoms with Gasteiger partial charge in [-0.1, -0.05) is 34.6 Å². The van der Waals surface area contributed by atoms with Crippen LogP contribution in [0.4, 0.5) is 0 Å². The second kappa shape index (κ2) is 7.81. The monoisotopic (exact) mass is 356 g/mol. The van der Waals surface area contributed by atoms with E-state index in [4.69, 9.17) is 23.7 Å². The second-order valence-corrected chi connectivity index (χ2v) is 8.37. The molecule has 3 saturated heterocycles. The summed E-state index contributed by atoms with van der Waals surface area (Å²) in [6, 6.07) is 0. The van der Waals surface area contributed by atoms with Gasteiger partial charge in [-0.15, -0.1) is 0 Å². The van der Waals surface area contributed by atoms with Crippen molar-refractivity contribution >= 4 is 0 Å². The average molecular weight is 357 g/mol. The molecule has 3 heterocycles. The van der Waals surface area contributed by atoms with Crippen LogP contribution in [0, 0.1) is 23.7 Å². The van der Waals surface area contributed by atoms with Gasteiger partial charge >= 0.3 is 0 Å². The van der Waals surface area contributed by atoms with Crippen LogP contribution in [0.2, 0.25) is 0 Å². The topological polar surface area (TPSA) is 46.2 Å². The van der Waals surface area contributed by atoms with Gasteiger partial charge in [0.25, 0.3) is 0 Å². The van der Waals surface area contributed by atoms with Crippen LogP contribution in [0.3, 0.4) is 0 Å². The Hall–Kier alpha value is -0.200. The molecule has 0 radical (unpaired) electrons. The van der Waals surface area contributed by atoms with Crippen molar-refractivity contribution in [3.8, 4) is 0 Å². The minimum atomic E-state index is -0.234. The third-order valence-electron chi connectivity index (χ3n) is 6.83. The van der Waals surface area contributed by atoms with E-state index >= 15 is 0 Å². The van der Waals surface area contributed by atoms with Crippen molar-refractivity contribution in [2.75, 3.05) is 6.61 Å². The maximum Gasteiger partial charge on any atom is 0.161 e. The second-order valence-electron chi connectivity index (χ2n) is 8.37. The van der Waals surface area contributed by atoms with E-state index in [0.717, 1.165) is 6.42 Å². The van der Waals surface area contributed by atoms with E-state index in [-0.39, 0.29) is 49.0 Å². The summed E-state index contributed by atoms with van der Waals surface area (Å²) < 4.78 is 30.7. The van der Waals surface area contributed by atoms with E-state index in [1.54, 1.807) is 0 Å². The highest BCUT2D eigenvalue weighted by Gasteiger charge is 2.48. The van der Waals surface area contributed by atoms with Crippen molar-refractivity contribution < 1.29 is 23.7 Å². The highest BCUT2D eigenvalue weighted by atomic mass is 16.7. The first-order chi connectivity index (χ1) is 11.8. The zero-order chi connectivity index (χ0) is 18.3. The van der Waals surface area contributed by atoms with E-state index in [2.05, 4.69) is 41.5 Å². The molecule has 0 bridgehead atoms. The molecular formula is C20H36O5. The van der Waals surface area contributed by atoms with Crippen LogP contribution in [-0.2, 0) is 23.7 Å². The molecule has 0 saturated carbocycles. The zero-order valence-corrected chi connectivity index (χ0v) is 16.8. The molecule has 0 aliphatic carbocycles. The third kappa shape index (κ3) is 3.77. The predicted molar refractivity (Wildman–Crippen MR) is 95.1 cm³/mol. The Morgan fingerprint density at radius 1 is 0.840 bits per heavy atom. The SMILES string of the molecule is CCC1O[C@@H](C)C(C)[C@@H](C)[C@H]1O[C@@H]1OC2COC(C)O[C@@H]2[C@H](C)C1C. The molecule has 25 heavy (non-hydrogen) atoms. The van der Waals surface area contributed by atoms with Crippen LogP contribution in [0.15, 0.2) is 0 Å². The van der Waals surface area contributed by atoms with Crippen molar-refractivity contribution in [2.24, 2.45) is 23.7 Å². The molecule has 0 aromatic carbocycles. The van der Waals surface area contributed by atoms with Crippen LogP contribution in [0.5, 0.6) is 0 Å². The molecule has 0 N–H and O–H groups in total. The minimum absolute atomic E-state index is 0.0522. The molecule has 0 amide bonds. The molecule has 3 rings (SSSR count). The van der Waals surface area contributed by atoms with Crippen LogP contribution in [-0.4, -0.2) is 49.7 Å². The smallest absolute Gasteiger partial charge is 0.161 e. The number of fused-ring (bicyclic) bond motifs is 1. The fraction of sp³-hybridized carbons (Fsp3) is 1.00. The number of hydrogen-bond acceptors (Lipinski definition) is 5.